The third-order valence-corrected chi connectivity index (χ3v) is 1.23. The number of hydrogen-bond acceptors (Lipinski definition) is 2. The van der Waals surface area contributed by atoms with Crippen molar-refractivity contribution in [3.63, 3.8) is 0 Å². The van der Waals surface area contributed by atoms with Crippen LogP contribution in [0.2, 0.25) is 0 Å². The molecule has 0 aromatic rings. The third-order valence-electron chi connectivity index (χ3n) is 1.23. The summed E-state index contributed by atoms with van der Waals surface area (Å²) in [6, 6.07) is 1.94. The number of carbonyl (C=O) groups is 1. The number of carboxylic acids is 1. The normalized spacial score (nSPS) is 8.58. The molecule has 3 nitrogen and oxygen atoms in total. The smallest absolute Gasteiger partial charge is 0.307 e. The minimum absolute atomic E-state index is 0.0511. The molecule has 0 aliphatic carbocycles. The first-order chi connectivity index (χ1) is 5.56. The number of nitriles is 1. The minimum Gasteiger partial charge on any atom is -0.481 e. The lowest BCUT2D eigenvalue weighted by molar-refractivity contribution is -0.136. The van der Waals surface area contributed by atoms with Gasteiger partial charge in [0, 0.05) is 0 Å². The van der Waals surface area contributed by atoms with Crippen LogP contribution in [-0.4, -0.2) is 11.1 Å². The number of carboxylic acid groups (broad SMARTS) is 1. The van der Waals surface area contributed by atoms with Gasteiger partial charge in [-0.1, -0.05) is 24.3 Å². The van der Waals surface area contributed by atoms with Crippen LogP contribution in [0, 0.1) is 11.3 Å². The molecule has 0 aromatic heterocycles. The van der Waals surface area contributed by atoms with Crippen molar-refractivity contribution in [2.45, 2.75) is 19.3 Å². The molecule has 12 heavy (non-hydrogen) atoms. The zero-order valence-corrected chi connectivity index (χ0v) is 6.84. The fourth-order valence-electron chi connectivity index (χ4n) is 0.804. The molecular formula is C9H11NO2. The van der Waals surface area contributed by atoms with Gasteiger partial charge in [-0.25, -0.2) is 0 Å². The molecule has 0 aromatic carbocycles. The summed E-state index contributed by atoms with van der Waals surface area (Å²) in [6.07, 6.45) is 0.642. The van der Waals surface area contributed by atoms with Crippen molar-refractivity contribution >= 4 is 5.97 Å². The Kier molecular flexibility index (Phi) is 4.47. The first-order valence-electron chi connectivity index (χ1n) is 3.48. The van der Waals surface area contributed by atoms with E-state index in [0.717, 1.165) is 0 Å². The van der Waals surface area contributed by atoms with Gasteiger partial charge in [0.1, 0.15) is 0 Å². The van der Waals surface area contributed by atoms with Crippen molar-refractivity contribution in [3.05, 3.63) is 24.3 Å². The molecule has 64 valence electrons. The van der Waals surface area contributed by atoms with Crippen LogP contribution in [-0.2, 0) is 4.79 Å². The van der Waals surface area contributed by atoms with Gasteiger partial charge in [0.15, 0.2) is 0 Å². The van der Waals surface area contributed by atoms with E-state index in [1.165, 1.54) is 0 Å². The van der Waals surface area contributed by atoms with Gasteiger partial charge < -0.3 is 5.11 Å². The van der Waals surface area contributed by atoms with E-state index in [4.69, 9.17) is 10.4 Å². The lowest BCUT2D eigenvalue weighted by Gasteiger charge is -2.01. The van der Waals surface area contributed by atoms with Crippen molar-refractivity contribution in [2.24, 2.45) is 0 Å². The monoisotopic (exact) mass is 165 g/mol. The Bertz CT molecular complexity index is 248. The Morgan fingerprint density at radius 1 is 1.33 bits per heavy atom. The second-order valence-corrected chi connectivity index (χ2v) is 2.58. The molecule has 0 atom stereocenters. The average molecular weight is 165 g/mol. The molecule has 0 rings (SSSR count). The van der Waals surface area contributed by atoms with Crippen LogP contribution in [0.4, 0.5) is 0 Å². The van der Waals surface area contributed by atoms with Gasteiger partial charge in [-0.05, 0) is 6.42 Å². The second-order valence-electron chi connectivity index (χ2n) is 2.58. The summed E-state index contributed by atoms with van der Waals surface area (Å²) in [5, 5.41) is 16.6. The van der Waals surface area contributed by atoms with Crippen molar-refractivity contribution < 1.29 is 9.90 Å². The summed E-state index contributed by atoms with van der Waals surface area (Å²) in [7, 11) is 0. The maximum absolute atomic E-state index is 10.2. The van der Waals surface area contributed by atoms with Crippen molar-refractivity contribution in [1.82, 2.24) is 0 Å². The first kappa shape index (κ1) is 10.4. The number of nitrogens with zero attached hydrogens (tertiary/aromatic N) is 1. The molecular weight excluding hydrogens is 154 g/mol. The van der Waals surface area contributed by atoms with Crippen LogP contribution in [0.1, 0.15) is 19.3 Å². The molecule has 0 aliphatic rings. The van der Waals surface area contributed by atoms with Crippen LogP contribution >= 0.6 is 0 Å². The Morgan fingerprint density at radius 3 is 2.33 bits per heavy atom. The summed E-state index contributed by atoms with van der Waals surface area (Å²) in [5.74, 6) is -0.898. The molecule has 0 amide bonds. The van der Waals surface area contributed by atoms with Crippen molar-refractivity contribution in [3.8, 4) is 6.07 Å². The summed E-state index contributed by atoms with van der Waals surface area (Å²) in [6.45, 7) is 7.18. The van der Waals surface area contributed by atoms with E-state index in [1.54, 1.807) is 0 Å². The zero-order chi connectivity index (χ0) is 9.56. The average Bonchev–Trinajstić information content (AvgIpc) is 1.84. The maximum atomic E-state index is 10.2. The lowest BCUT2D eigenvalue weighted by Crippen LogP contribution is -1.97. The molecule has 0 bridgehead atoms. The molecule has 0 aliphatic heterocycles. The van der Waals surface area contributed by atoms with Crippen molar-refractivity contribution in [2.75, 3.05) is 0 Å². The molecule has 0 spiro atoms. The number of rotatable bonds is 5. The predicted molar refractivity (Wildman–Crippen MR) is 45.4 cm³/mol. The first-order valence-corrected chi connectivity index (χ1v) is 3.48. The fourth-order valence-corrected chi connectivity index (χ4v) is 0.804. The molecule has 0 saturated carbocycles. The Morgan fingerprint density at radius 2 is 1.92 bits per heavy atom. The Balaban J connectivity index is 3.79. The molecule has 0 unspecified atom stereocenters. The highest BCUT2D eigenvalue weighted by Gasteiger charge is 2.02. The highest BCUT2D eigenvalue weighted by Crippen LogP contribution is 2.12. The van der Waals surface area contributed by atoms with Crippen LogP contribution in [0.3, 0.4) is 0 Å². The lowest BCUT2D eigenvalue weighted by atomic mass is 10.0. The van der Waals surface area contributed by atoms with E-state index < -0.39 is 5.97 Å². The van der Waals surface area contributed by atoms with Crippen LogP contribution in [0.25, 0.3) is 0 Å². The minimum atomic E-state index is -0.898. The predicted octanol–water partition coefficient (Wildman–Crippen LogP) is 1.88. The van der Waals surface area contributed by atoms with Crippen LogP contribution in [0.15, 0.2) is 24.3 Å². The van der Waals surface area contributed by atoms with E-state index in [9.17, 15) is 4.79 Å². The third kappa shape index (κ3) is 5.24. The van der Waals surface area contributed by atoms with Gasteiger partial charge in [0.2, 0.25) is 0 Å². The quantitative estimate of drug-likeness (QED) is 0.632. The van der Waals surface area contributed by atoms with Gasteiger partial charge in [-0.3, -0.25) is 4.79 Å². The Labute approximate surface area is 71.6 Å². The molecule has 3 heteroatoms. The molecule has 0 saturated heterocycles. The molecule has 1 N–H and O–H groups in total. The van der Waals surface area contributed by atoms with Gasteiger partial charge in [0.25, 0.3) is 0 Å². The largest absolute Gasteiger partial charge is 0.481 e. The molecule has 0 radical (unpaired) electrons. The SMILES string of the molecule is C=C(CC#N)CC(=C)CC(=O)O. The van der Waals surface area contributed by atoms with E-state index in [0.29, 0.717) is 17.6 Å². The molecule has 0 fully saturated rings. The maximum Gasteiger partial charge on any atom is 0.307 e. The topological polar surface area (TPSA) is 61.1 Å². The van der Waals surface area contributed by atoms with Gasteiger partial charge >= 0.3 is 5.97 Å². The van der Waals surface area contributed by atoms with E-state index in [1.807, 2.05) is 6.07 Å². The highest BCUT2D eigenvalue weighted by molar-refractivity contribution is 5.69. The van der Waals surface area contributed by atoms with Crippen LogP contribution < -0.4 is 0 Å². The standard InChI is InChI=1S/C9H11NO2/c1-7(3-4-10)5-8(2)6-9(11)12/h1-3,5-6H2,(H,11,12). The van der Waals surface area contributed by atoms with E-state index in [-0.39, 0.29) is 12.8 Å². The number of hydrogen-bond donors (Lipinski definition) is 1. The fraction of sp³-hybridized carbons (Fsp3) is 0.333. The number of allylic oxidation sites excluding steroid dienone is 1. The summed E-state index contributed by atoms with van der Waals surface area (Å²) in [4.78, 5) is 10.2. The van der Waals surface area contributed by atoms with E-state index >= 15 is 0 Å². The zero-order valence-electron chi connectivity index (χ0n) is 6.84. The van der Waals surface area contributed by atoms with Crippen molar-refractivity contribution in [1.29, 1.82) is 5.26 Å². The number of aliphatic carboxylic acids is 1. The van der Waals surface area contributed by atoms with E-state index in [2.05, 4.69) is 13.2 Å². The second kappa shape index (κ2) is 5.14. The highest BCUT2D eigenvalue weighted by atomic mass is 16.4. The molecule has 0 heterocycles. The summed E-state index contributed by atoms with van der Waals surface area (Å²) < 4.78 is 0. The summed E-state index contributed by atoms with van der Waals surface area (Å²) >= 11 is 0. The summed E-state index contributed by atoms with van der Waals surface area (Å²) in [5.41, 5.74) is 1.30. The van der Waals surface area contributed by atoms with Gasteiger partial charge in [0.05, 0.1) is 18.9 Å². The van der Waals surface area contributed by atoms with Crippen LogP contribution in [0.5, 0.6) is 0 Å². The Hall–Kier alpha value is -1.56. The van der Waals surface area contributed by atoms with Gasteiger partial charge in [-0.2, -0.15) is 5.26 Å². The van der Waals surface area contributed by atoms with Gasteiger partial charge in [-0.15, -0.1) is 0 Å².